The third-order valence-electron chi connectivity index (χ3n) is 3.31. The van der Waals surface area contributed by atoms with Gasteiger partial charge in [0, 0.05) is 6.07 Å². The SMILES string of the molecule is CC(COc1ccc(Oc2ccccc2)cc1)Oc1ccc(F)cn1. The number of hydrogen-bond donors (Lipinski definition) is 0. The van der Waals surface area contributed by atoms with Crippen LogP contribution in [-0.4, -0.2) is 17.7 Å². The number of halogens is 1. The first-order chi connectivity index (χ1) is 12.2. The summed E-state index contributed by atoms with van der Waals surface area (Å²) in [4.78, 5) is 3.86. The Labute approximate surface area is 145 Å². The van der Waals surface area contributed by atoms with Gasteiger partial charge in [-0.05, 0) is 49.4 Å². The van der Waals surface area contributed by atoms with Gasteiger partial charge in [0.15, 0.2) is 0 Å². The average molecular weight is 339 g/mol. The van der Waals surface area contributed by atoms with Crippen LogP contribution in [0, 0.1) is 5.82 Å². The molecule has 1 atom stereocenters. The van der Waals surface area contributed by atoms with Crippen molar-refractivity contribution in [2.75, 3.05) is 6.61 Å². The molecule has 0 aliphatic rings. The molecule has 5 heteroatoms. The maximum absolute atomic E-state index is 12.8. The van der Waals surface area contributed by atoms with Gasteiger partial charge in [0.25, 0.3) is 0 Å². The summed E-state index contributed by atoms with van der Waals surface area (Å²) in [6.07, 6.45) is 0.896. The van der Waals surface area contributed by atoms with E-state index in [2.05, 4.69) is 4.98 Å². The third kappa shape index (κ3) is 5.21. The molecule has 0 saturated heterocycles. The molecule has 0 N–H and O–H groups in total. The highest BCUT2D eigenvalue weighted by atomic mass is 19.1. The molecule has 0 amide bonds. The van der Waals surface area contributed by atoms with Crippen LogP contribution in [0.25, 0.3) is 0 Å². The van der Waals surface area contributed by atoms with E-state index in [1.807, 2.05) is 61.5 Å². The molecule has 0 aliphatic heterocycles. The van der Waals surface area contributed by atoms with E-state index in [9.17, 15) is 4.39 Å². The lowest BCUT2D eigenvalue weighted by Crippen LogP contribution is -2.21. The topological polar surface area (TPSA) is 40.6 Å². The molecular weight excluding hydrogens is 321 g/mol. The van der Waals surface area contributed by atoms with E-state index in [4.69, 9.17) is 14.2 Å². The van der Waals surface area contributed by atoms with Crippen molar-refractivity contribution in [3.8, 4) is 23.1 Å². The van der Waals surface area contributed by atoms with Crippen LogP contribution in [0.4, 0.5) is 4.39 Å². The molecule has 2 aromatic carbocycles. The van der Waals surface area contributed by atoms with Crippen molar-refractivity contribution in [2.45, 2.75) is 13.0 Å². The molecule has 3 aromatic rings. The van der Waals surface area contributed by atoms with Gasteiger partial charge in [-0.25, -0.2) is 9.37 Å². The van der Waals surface area contributed by atoms with Gasteiger partial charge in [0.1, 0.15) is 35.8 Å². The Morgan fingerprint density at radius 3 is 2.24 bits per heavy atom. The summed E-state index contributed by atoms with van der Waals surface area (Å²) in [5, 5.41) is 0. The lowest BCUT2D eigenvalue weighted by Gasteiger charge is -2.15. The number of ether oxygens (including phenoxy) is 3. The largest absolute Gasteiger partial charge is 0.490 e. The maximum Gasteiger partial charge on any atom is 0.213 e. The fourth-order valence-electron chi connectivity index (χ4n) is 2.11. The number of para-hydroxylation sites is 1. The predicted octanol–water partition coefficient (Wildman–Crippen LogP) is 4.86. The van der Waals surface area contributed by atoms with E-state index >= 15 is 0 Å². The van der Waals surface area contributed by atoms with Crippen LogP contribution in [0.1, 0.15) is 6.92 Å². The zero-order valence-electron chi connectivity index (χ0n) is 13.8. The molecule has 0 bridgehead atoms. The number of hydrogen-bond acceptors (Lipinski definition) is 4. The van der Waals surface area contributed by atoms with Crippen molar-refractivity contribution in [3.63, 3.8) is 0 Å². The molecule has 1 heterocycles. The van der Waals surface area contributed by atoms with Crippen molar-refractivity contribution in [1.29, 1.82) is 0 Å². The molecule has 0 fully saturated rings. The molecular formula is C20H18FNO3. The Kier molecular flexibility index (Phi) is 5.46. The van der Waals surface area contributed by atoms with Crippen molar-refractivity contribution in [1.82, 2.24) is 4.98 Å². The highest BCUT2D eigenvalue weighted by Gasteiger charge is 2.07. The van der Waals surface area contributed by atoms with E-state index in [0.717, 1.165) is 17.7 Å². The maximum atomic E-state index is 12.8. The second-order valence-corrected chi connectivity index (χ2v) is 5.44. The molecule has 0 saturated carbocycles. The third-order valence-corrected chi connectivity index (χ3v) is 3.31. The van der Waals surface area contributed by atoms with Gasteiger partial charge in [0.2, 0.25) is 5.88 Å². The van der Waals surface area contributed by atoms with Gasteiger partial charge >= 0.3 is 0 Å². The molecule has 1 unspecified atom stereocenters. The fraction of sp³-hybridized carbons (Fsp3) is 0.150. The van der Waals surface area contributed by atoms with E-state index in [1.165, 1.54) is 12.1 Å². The van der Waals surface area contributed by atoms with E-state index in [0.29, 0.717) is 18.2 Å². The summed E-state index contributed by atoms with van der Waals surface area (Å²) in [6, 6.07) is 19.7. The van der Waals surface area contributed by atoms with E-state index in [1.54, 1.807) is 0 Å². The Balaban J connectivity index is 1.48. The van der Waals surface area contributed by atoms with Crippen molar-refractivity contribution < 1.29 is 18.6 Å². The molecule has 128 valence electrons. The zero-order chi connectivity index (χ0) is 17.5. The van der Waals surface area contributed by atoms with Crippen LogP contribution in [0.15, 0.2) is 72.9 Å². The van der Waals surface area contributed by atoms with Gasteiger partial charge in [-0.3, -0.25) is 0 Å². The molecule has 0 aliphatic carbocycles. The Morgan fingerprint density at radius 2 is 1.56 bits per heavy atom. The highest BCUT2D eigenvalue weighted by Crippen LogP contribution is 2.23. The molecule has 1 aromatic heterocycles. The molecule has 3 rings (SSSR count). The first-order valence-corrected chi connectivity index (χ1v) is 7.93. The van der Waals surface area contributed by atoms with Crippen LogP contribution in [0.2, 0.25) is 0 Å². The standard InChI is InChI=1S/C20H18FNO3/c1-15(24-20-12-7-16(21)13-22-20)14-23-17-8-10-19(11-9-17)25-18-5-3-2-4-6-18/h2-13,15H,14H2,1H3. The van der Waals surface area contributed by atoms with Gasteiger partial charge in [0.05, 0.1) is 6.20 Å². The summed E-state index contributed by atoms with van der Waals surface area (Å²) in [5.74, 6) is 2.20. The number of rotatable bonds is 7. The predicted molar refractivity (Wildman–Crippen MR) is 92.7 cm³/mol. The van der Waals surface area contributed by atoms with Crippen LogP contribution in [0.5, 0.6) is 23.1 Å². The zero-order valence-corrected chi connectivity index (χ0v) is 13.8. The second-order valence-electron chi connectivity index (χ2n) is 5.44. The van der Waals surface area contributed by atoms with E-state index < -0.39 is 5.82 Å². The first kappa shape index (κ1) is 16.8. The molecule has 4 nitrogen and oxygen atoms in total. The van der Waals surface area contributed by atoms with Gasteiger partial charge < -0.3 is 14.2 Å². The summed E-state index contributed by atoms with van der Waals surface area (Å²) in [7, 11) is 0. The lowest BCUT2D eigenvalue weighted by molar-refractivity contribution is 0.138. The average Bonchev–Trinajstić information content (AvgIpc) is 2.64. The normalized spacial score (nSPS) is 11.6. The smallest absolute Gasteiger partial charge is 0.213 e. The Morgan fingerprint density at radius 1 is 0.880 bits per heavy atom. The summed E-state index contributed by atoms with van der Waals surface area (Å²) in [6.45, 7) is 2.20. The minimum atomic E-state index is -0.394. The van der Waals surface area contributed by atoms with Crippen LogP contribution in [-0.2, 0) is 0 Å². The minimum Gasteiger partial charge on any atom is -0.490 e. The monoisotopic (exact) mass is 339 g/mol. The molecule has 0 spiro atoms. The highest BCUT2D eigenvalue weighted by molar-refractivity contribution is 5.35. The van der Waals surface area contributed by atoms with Crippen molar-refractivity contribution in [3.05, 3.63) is 78.7 Å². The summed E-state index contributed by atoms with van der Waals surface area (Å²) < 4.78 is 29.8. The number of benzene rings is 2. The number of aromatic nitrogens is 1. The summed E-state index contributed by atoms with van der Waals surface area (Å²) >= 11 is 0. The van der Waals surface area contributed by atoms with Crippen molar-refractivity contribution >= 4 is 0 Å². The van der Waals surface area contributed by atoms with Gasteiger partial charge in [-0.2, -0.15) is 0 Å². The number of nitrogens with zero attached hydrogens (tertiary/aromatic N) is 1. The Hall–Kier alpha value is -3.08. The first-order valence-electron chi connectivity index (χ1n) is 7.93. The van der Waals surface area contributed by atoms with Gasteiger partial charge in [-0.15, -0.1) is 0 Å². The van der Waals surface area contributed by atoms with Crippen LogP contribution >= 0.6 is 0 Å². The lowest BCUT2D eigenvalue weighted by atomic mass is 10.3. The van der Waals surface area contributed by atoms with Crippen LogP contribution in [0.3, 0.4) is 0 Å². The quantitative estimate of drug-likeness (QED) is 0.616. The van der Waals surface area contributed by atoms with Crippen molar-refractivity contribution in [2.24, 2.45) is 0 Å². The number of pyridine rings is 1. The van der Waals surface area contributed by atoms with Gasteiger partial charge in [-0.1, -0.05) is 18.2 Å². The molecule has 0 radical (unpaired) electrons. The minimum absolute atomic E-state index is 0.224. The van der Waals surface area contributed by atoms with E-state index in [-0.39, 0.29) is 6.10 Å². The molecule has 25 heavy (non-hydrogen) atoms. The van der Waals surface area contributed by atoms with Crippen LogP contribution < -0.4 is 14.2 Å². The fourth-order valence-corrected chi connectivity index (χ4v) is 2.11. The Bertz CT molecular complexity index is 776. The second kappa shape index (κ2) is 8.15. The summed E-state index contributed by atoms with van der Waals surface area (Å²) in [5.41, 5.74) is 0.